The van der Waals surface area contributed by atoms with Crippen molar-refractivity contribution in [3.05, 3.63) is 59.0 Å². The second-order valence-electron chi connectivity index (χ2n) is 4.61. The van der Waals surface area contributed by atoms with Crippen molar-refractivity contribution in [1.29, 1.82) is 0 Å². The summed E-state index contributed by atoms with van der Waals surface area (Å²) in [7, 11) is 0. The fraction of sp³-hybridized carbons (Fsp3) is 0.133. The van der Waals surface area contributed by atoms with Crippen LogP contribution in [0.15, 0.2) is 41.2 Å². The molecule has 23 heavy (non-hydrogen) atoms. The normalized spacial score (nSPS) is 10.5. The van der Waals surface area contributed by atoms with Crippen molar-refractivity contribution in [2.75, 3.05) is 0 Å². The Hall–Kier alpha value is -2.80. The zero-order chi connectivity index (χ0) is 16.2. The van der Waals surface area contributed by atoms with E-state index in [0.29, 0.717) is 22.1 Å². The highest BCUT2D eigenvalue weighted by Crippen LogP contribution is 2.24. The van der Waals surface area contributed by atoms with E-state index in [1.54, 1.807) is 25.1 Å². The molecule has 3 rings (SSSR count). The minimum atomic E-state index is -0.616. The molecule has 0 amide bonds. The van der Waals surface area contributed by atoms with Gasteiger partial charge in [0.05, 0.1) is 16.9 Å². The first-order chi connectivity index (χ1) is 11.1. The Morgan fingerprint density at radius 2 is 2.09 bits per heavy atom. The molecule has 0 radical (unpaired) electrons. The summed E-state index contributed by atoms with van der Waals surface area (Å²) in [6, 6.07) is 7.11. The minimum absolute atomic E-state index is 0.112. The van der Waals surface area contributed by atoms with Gasteiger partial charge in [0.25, 0.3) is 5.89 Å². The second-order valence-corrected chi connectivity index (χ2v) is 5.02. The highest BCUT2D eigenvalue weighted by atomic mass is 35.5. The van der Waals surface area contributed by atoms with Crippen LogP contribution < -0.4 is 0 Å². The van der Waals surface area contributed by atoms with E-state index in [-0.39, 0.29) is 18.2 Å². The van der Waals surface area contributed by atoms with Gasteiger partial charge < -0.3 is 9.26 Å². The van der Waals surface area contributed by atoms with Gasteiger partial charge in [-0.1, -0.05) is 28.9 Å². The summed E-state index contributed by atoms with van der Waals surface area (Å²) in [6.07, 6.45) is 2.83. The Morgan fingerprint density at radius 3 is 2.83 bits per heavy atom. The van der Waals surface area contributed by atoms with Crippen LogP contribution in [0, 0.1) is 6.92 Å². The molecule has 116 valence electrons. The first-order valence-corrected chi connectivity index (χ1v) is 7.04. The van der Waals surface area contributed by atoms with Crippen LogP contribution in [0.25, 0.3) is 11.4 Å². The summed E-state index contributed by atoms with van der Waals surface area (Å²) in [6.45, 7) is 1.61. The number of hydrogen-bond acceptors (Lipinski definition) is 7. The van der Waals surface area contributed by atoms with Gasteiger partial charge in [-0.3, -0.25) is 4.98 Å². The number of halogens is 1. The van der Waals surface area contributed by atoms with Crippen molar-refractivity contribution in [1.82, 2.24) is 20.1 Å². The number of carbonyl (C=O) groups is 1. The van der Waals surface area contributed by atoms with Crippen molar-refractivity contribution in [3.8, 4) is 11.4 Å². The van der Waals surface area contributed by atoms with Crippen LogP contribution in [0.3, 0.4) is 0 Å². The zero-order valence-corrected chi connectivity index (χ0v) is 12.8. The number of aryl methyl sites for hydroxylation is 1. The maximum atomic E-state index is 11.8. The minimum Gasteiger partial charge on any atom is -0.451 e. The molecule has 2 heterocycles. The maximum absolute atomic E-state index is 11.8. The topological polar surface area (TPSA) is 91.0 Å². The van der Waals surface area contributed by atoms with E-state index in [9.17, 15) is 4.79 Å². The highest BCUT2D eigenvalue weighted by Gasteiger charge is 2.14. The summed E-state index contributed by atoms with van der Waals surface area (Å²) in [5.41, 5.74) is 1.46. The van der Waals surface area contributed by atoms with E-state index >= 15 is 0 Å². The van der Waals surface area contributed by atoms with Crippen molar-refractivity contribution in [2.45, 2.75) is 13.5 Å². The van der Waals surface area contributed by atoms with Gasteiger partial charge in [-0.05, 0) is 19.1 Å². The first-order valence-electron chi connectivity index (χ1n) is 6.67. The molecule has 0 atom stereocenters. The monoisotopic (exact) mass is 330 g/mol. The van der Waals surface area contributed by atoms with Crippen LogP contribution in [0.4, 0.5) is 0 Å². The highest BCUT2D eigenvalue weighted by molar-refractivity contribution is 6.33. The number of ether oxygens (including phenoxy) is 1. The van der Waals surface area contributed by atoms with E-state index in [2.05, 4.69) is 20.1 Å². The van der Waals surface area contributed by atoms with E-state index < -0.39 is 5.97 Å². The molecule has 0 aliphatic carbocycles. The number of nitrogens with zero attached hydrogens (tertiary/aromatic N) is 4. The van der Waals surface area contributed by atoms with Crippen molar-refractivity contribution >= 4 is 17.6 Å². The third kappa shape index (κ3) is 3.51. The Bertz CT molecular complexity index is 833. The Balaban J connectivity index is 1.67. The number of benzene rings is 1. The van der Waals surface area contributed by atoms with Gasteiger partial charge >= 0.3 is 5.97 Å². The van der Waals surface area contributed by atoms with Gasteiger partial charge in [0, 0.05) is 11.8 Å². The molecule has 0 aliphatic heterocycles. The van der Waals surface area contributed by atoms with E-state index in [0.717, 1.165) is 0 Å². The lowest BCUT2D eigenvalue weighted by Gasteiger charge is -2.00. The Kier molecular flexibility index (Phi) is 4.29. The molecule has 0 N–H and O–H groups in total. The molecule has 8 heteroatoms. The van der Waals surface area contributed by atoms with Crippen LogP contribution in [0.2, 0.25) is 5.02 Å². The SMILES string of the molecule is Cc1cnc(C(=O)OCc2nc(-c3ccccc3Cl)no2)cn1. The van der Waals surface area contributed by atoms with E-state index in [1.807, 2.05) is 6.07 Å². The number of carbonyl (C=O) groups excluding carboxylic acids is 1. The van der Waals surface area contributed by atoms with Crippen LogP contribution >= 0.6 is 11.6 Å². The van der Waals surface area contributed by atoms with Crippen LogP contribution in [0.5, 0.6) is 0 Å². The molecule has 0 spiro atoms. The molecule has 0 bridgehead atoms. The number of aromatic nitrogens is 4. The maximum Gasteiger partial charge on any atom is 0.359 e. The Labute approximate surface area is 136 Å². The predicted octanol–water partition coefficient (Wildman–Crippen LogP) is 2.85. The van der Waals surface area contributed by atoms with E-state index in [1.165, 1.54) is 12.4 Å². The molecular formula is C15H11ClN4O3. The smallest absolute Gasteiger partial charge is 0.359 e. The summed E-state index contributed by atoms with van der Waals surface area (Å²) in [4.78, 5) is 23.9. The molecule has 1 aromatic carbocycles. The fourth-order valence-corrected chi connectivity index (χ4v) is 1.98. The number of rotatable bonds is 4. The summed E-state index contributed by atoms with van der Waals surface area (Å²) < 4.78 is 10.1. The van der Waals surface area contributed by atoms with Gasteiger partial charge in [0.2, 0.25) is 5.82 Å². The molecule has 2 aromatic heterocycles. The average molecular weight is 331 g/mol. The predicted molar refractivity (Wildman–Crippen MR) is 80.6 cm³/mol. The molecule has 0 fully saturated rings. The first kappa shape index (κ1) is 15.1. The fourth-order valence-electron chi connectivity index (χ4n) is 1.76. The molecule has 0 aliphatic rings. The van der Waals surface area contributed by atoms with Crippen molar-refractivity contribution in [2.24, 2.45) is 0 Å². The summed E-state index contributed by atoms with van der Waals surface area (Å²) in [5.74, 6) is -0.125. The van der Waals surface area contributed by atoms with E-state index in [4.69, 9.17) is 20.9 Å². The van der Waals surface area contributed by atoms with Crippen LogP contribution in [0.1, 0.15) is 22.1 Å². The lowest BCUT2D eigenvalue weighted by Crippen LogP contribution is -2.08. The Morgan fingerprint density at radius 1 is 1.26 bits per heavy atom. The quantitative estimate of drug-likeness (QED) is 0.679. The average Bonchev–Trinajstić information content (AvgIpc) is 3.02. The van der Waals surface area contributed by atoms with Crippen LogP contribution in [-0.2, 0) is 11.3 Å². The van der Waals surface area contributed by atoms with Crippen molar-refractivity contribution < 1.29 is 14.1 Å². The molecule has 7 nitrogen and oxygen atoms in total. The zero-order valence-electron chi connectivity index (χ0n) is 12.1. The van der Waals surface area contributed by atoms with Gasteiger partial charge in [0.1, 0.15) is 0 Å². The second kappa shape index (κ2) is 6.53. The summed E-state index contributed by atoms with van der Waals surface area (Å²) >= 11 is 6.07. The van der Waals surface area contributed by atoms with Gasteiger partial charge in [-0.15, -0.1) is 0 Å². The summed E-state index contributed by atoms with van der Waals surface area (Å²) in [5, 5.41) is 4.33. The standard InChI is InChI=1S/C15H11ClN4O3/c1-9-6-18-12(7-17-9)15(21)22-8-13-19-14(20-23-13)10-4-2-3-5-11(10)16/h2-7H,8H2,1H3. The largest absolute Gasteiger partial charge is 0.451 e. The lowest BCUT2D eigenvalue weighted by atomic mass is 10.2. The molecule has 0 saturated carbocycles. The molecule has 3 aromatic rings. The van der Waals surface area contributed by atoms with Gasteiger partial charge in [-0.25, -0.2) is 9.78 Å². The number of esters is 1. The van der Waals surface area contributed by atoms with Crippen molar-refractivity contribution in [3.63, 3.8) is 0 Å². The molecule has 0 saturated heterocycles. The molecule has 0 unspecified atom stereocenters. The third-order valence-electron chi connectivity index (χ3n) is 2.90. The van der Waals surface area contributed by atoms with Gasteiger partial charge in [-0.2, -0.15) is 4.98 Å². The third-order valence-corrected chi connectivity index (χ3v) is 3.23. The number of hydrogen-bond donors (Lipinski definition) is 0. The molecular weight excluding hydrogens is 320 g/mol. The van der Waals surface area contributed by atoms with Crippen LogP contribution in [-0.4, -0.2) is 26.1 Å². The lowest BCUT2D eigenvalue weighted by molar-refractivity contribution is 0.0422. The van der Waals surface area contributed by atoms with Gasteiger partial charge in [0.15, 0.2) is 12.3 Å².